The third-order valence-electron chi connectivity index (χ3n) is 4.00. The first-order valence-corrected chi connectivity index (χ1v) is 8.24. The van der Waals surface area contributed by atoms with Crippen molar-refractivity contribution in [3.63, 3.8) is 0 Å². The summed E-state index contributed by atoms with van der Waals surface area (Å²) in [6, 6.07) is 7.69. The van der Waals surface area contributed by atoms with Crippen LogP contribution in [-0.2, 0) is 4.79 Å². The first kappa shape index (κ1) is 16.3. The zero-order valence-corrected chi connectivity index (χ0v) is 14.2. The van der Waals surface area contributed by atoms with Crippen molar-refractivity contribution in [2.24, 2.45) is 11.7 Å². The van der Waals surface area contributed by atoms with Gasteiger partial charge in [-0.05, 0) is 60.7 Å². The maximum atomic E-state index is 12.5. The number of para-hydroxylation sites is 1. The van der Waals surface area contributed by atoms with E-state index >= 15 is 0 Å². The molecule has 0 saturated carbocycles. The molecule has 1 heterocycles. The molecule has 2 rings (SSSR count). The van der Waals surface area contributed by atoms with E-state index in [9.17, 15) is 4.79 Å². The van der Waals surface area contributed by atoms with Crippen molar-refractivity contribution in [3.05, 3.63) is 28.7 Å². The number of piperidine rings is 1. The Labute approximate surface area is 134 Å². The Bertz CT molecular complexity index is 493. The lowest BCUT2D eigenvalue weighted by Gasteiger charge is -2.35. The summed E-state index contributed by atoms with van der Waals surface area (Å²) >= 11 is 3.43. The van der Waals surface area contributed by atoms with Gasteiger partial charge in [0.05, 0.1) is 4.47 Å². The van der Waals surface area contributed by atoms with E-state index in [0.29, 0.717) is 11.7 Å². The van der Waals surface area contributed by atoms with Crippen LogP contribution in [-0.4, -0.2) is 36.0 Å². The molecule has 1 fully saturated rings. The molecule has 0 unspecified atom stereocenters. The molecule has 1 amide bonds. The lowest BCUT2D eigenvalue weighted by molar-refractivity contribution is -0.139. The molecule has 116 valence electrons. The van der Waals surface area contributed by atoms with E-state index in [1.54, 1.807) is 6.92 Å². The van der Waals surface area contributed by atoms with E-state index < -0.39 is 6.10 Å². The highest BCUT2D eigenvalue weighted by molar-refractivity contribution is 9.10. The molecule has 1 aromatic carbocycles. The van der Waals surface area contributed by atoms with Crippen LogP contribution in [0.2, 0.25) is 0 Å². The number of hydrogen-bond acceptors (Lipinski definition) is 3. The van der Waals surface area contributed by atoms with E-state index in [2.05, 4.69) is 15.9 Å². The number of benzene rings is 1. The molecular weight excluding hydrogens is 332 g/mol. The van der Waals surface area contributed by atoms with Crippen molar-refractivity contribution in [2.45, 2.75) is 38.8 Å². The molecule has 1 aliphatic rings. The summed E-state index contributed by atoms with van der Waals surface area (Å²) in [6.45, 7) is 5.35. The minimum atomic E-state index is -0.490. The summed E-state index contributed by atoms with van der Waals surface area (Å²) in [5.41, 5.74) is 5.97. The van der Waals surface area contributed by atoms with Crippen molar-refractivity contribution in [1.82, 2.24) is 4.90 Å². The van der Waals surface area contributed by atoms with Crippen LogP contribution >= 0.6 is 15.9 Å². The van der Waals surface area contributed by atoms with E-state index in [-0.39, 0.29) is 11.9 Å². The van der Waals surface area contributed by atoms with Gasteiger partial charge in [0.2, 0.25) is 0 Å². The van der Waals surface area contributed by atoms with Crippen LogP contribution in [0.25, 0.3) is 0 Å². The van der Waals surface area contributed by atoms with Gasteiger partial charge in [0.15, 0.2) is 6.10 Å². The summed E-state index contributed by atoms with van der Waals surface area (Å²) in [4.78, 5) is 14.4. The molecule has 3 atom stereocenters. The first-order valence-electron chi connectivity index (χ1n) is 7.44. The summed E-state index contributed by atoms with van der Waals surface area (Å²) in [7, 11) is 0. The molecule has 2 N–H and O–H groups in total. The monoisotopic (exact) mass is 354 g/mol. The van der Waals surface area contributed by atoms with Crippen LogP contribution in [0.3, 0.4) is 0 Å². The first-order chi connectivity index (χ1) is 9.99. The number of amides is 1. The number of nitrogens with zero attached hydrogens (tertiary/aromatic N) is 1. The van der Waals surface area contributed by atoms with Crippen LogP contribution in [0.5, 0.6) is 5.75 Å². The van der Waals surface area contributed by atoms with Crippen LogP contribution in [0, 0.1) is 5.92 Å². The second-order valence-electron chi connectivity index (χ2n) is 5.74. The van der Waals surface area contributed by atoms with Crippen LogP contribution < -0.4 is 10.5 Å². The minimum absolute atomic E-state index is 0.0381. The lowest BCUT2D eigenvalue weighted by Crippen LogP contribution is -2.48. The number of carbonyl (C=O) groups excluding carboxylic acids is 1. The van der Waals surface area contributed by atoms with Crippen LogP contribution in [0.1, 0.15) is 26.7 Å². The highest BCUT2D eigenvalue weighted by Crippen LogP contribution is 2.26. The number of nitrogens with two attached hydrogens (primary N) is 1. The Morgan fingerprint density at radius 3 is 2.81 bits per heavy atom. The molecule has 1 aromatic rings. The normalized spacial score (nSPS) is 21.7. The van der Waals surface area contributed by atoms with Crippen molar-refractivity contribution < 1.29 is 9.53 Å². The second kappa shape index (κ2) is 7.27. The predicted molar refractivity (Wildman–Crippen MR) is 87.2 cm³/mol. The van der Waals surface area contributed by atoms with E-state index in [4.69, 9.17) is 10.5 Å². The maximum Gasteiger partial charge on any atom is 0.263 e. The maximum absolute atomic E-state index is 12.5. The van der Waals surface area contributed by atoms with Gasteiger partial charge in [-0.3, -0.25) is 4.79 Å². The van der Waals surface area contributed by atoms with Gasteiger partial charge < -0.3 is 15.4 Å². The topological polar surface area (TPSA) is 55.6 Å². The molecule has 1 saturated heterocycles. The fourth-order valence-corrected chi connectivity index (χ4v) is 3.06. The van der Waals surface area contributed by atoms with Gasteiger partial charge in [-0.25, -0.2) is 0 Å². The number of carbonyl (C=O) groups is 1. The van der Waals surface area contributed by atoms with Crippen LogP contribution in [0.4, 0.5) is 0 Å². The van der Waals surface area contributed by atoms with Gasteiger partial charge in [-0.15, -0.1) is 0 Å². The Morgan fingerprint density at radius 1 is 1.43 bits per heavy atom. The van der Waals surface area contributed by atoms with E-state index in [1.807, 2.05) is 36.1 Å². The average Bonchev–Trinajstić information content (AvgIpc) is 2.49. The number of halogens is 1. The van der Waals surface area contributed by atoms with E-state index in [0.717, 1.165) is 30.4 Å². The third-order valence-corrected chi connectivity index (χ3v) is 4.66. The smallest absolute Gasteiger partial charge is 0.263 e. The number of rotatable bonds is 4. The zero-order chi connectivity index (χ0) is 15.4. The molecule has 0 bridgehead atoms. The van der Waals surface area contributed by atoms with Gasteiger partial charge in [0.1, 0.15) is 5.75 Å². The van der Waals surface area contributed by atoms with Gasteiger partial charge >= 0.3 is 0 Å². The van der Waals surface area contributed by atoms with Crippen molar-refractivity contribution >= 4 is 21.8 Å². The highest BCUT2D eigenvalue weighted by Gasteiger charge is 2.29. The van der Waals surface area contributed by atoms with E-state index in [1.165, 1.54) is 0 Å². The molecule has 5 heteroatoms. The fourth-order valence-electron chi connectivity index (χ4n) is 2.68. The fraction of sp³-hybridized carbons (Fsp3) is 0.562. The van der Waals surface area contributed by atoms with Gasteiger partial charge in [0, 0.05) is 19.1 Å². The molecule has 21 heavy (non-hydrogen) atoms. The second-order valence-corrected chi connectivity index (χ2v) is 6.59. The minimum Gasteiger partial charge on any atom is -0.480 e. The summed E-state index contributed by atoms with van der Waals surface area (Å²) < 4.78 is 6.64. The largest absolute Gasteiger partial charge is 0.480 e. The Morgan fingerprint density at radius 2 is 2.14 bits per heavy atom. The molecular formula is C16H23BrN2O2. The van der Waals surface area contributed by atoms with Crippen LogP contribution in [0.15, 0.2) is 28.7 Å². The molecule has 1 aliphatic heterocycles. The quantitative estimate of drug-likeness (QED) is 0.904. The number of ether oxygens (including phenoxy) is 1. The highest BCUT2D eigenvalue weighted by atomic mass is 79.9. The van der Waals surface area contributed by atoms with Crippen molar-refractivity contribution in [1.29, 1.82) is 0 Å². The van der Waals surface area contributed by atoms with Gasteiger partial charge in [-0.1, -0.05) is 12.1 Å². The third kappa shape index (κ3) is 4.20. The van der Waals surface area contributed by atoms with Gasteiger partial charge in [0.25, 0.3) is 5.91 Å². The Balaban J connectivity index is 1.97. The van der Waals surface area contributed by atoms with Crippen molar-refractivity contribution in [2.75, 3.05) is 13.1 Å². The Hall–Kier alpha value is -1.07. The average molecular weight is 355 g/mol. The Kier molecular flexibility index (Phi) is 5.65. The molecule has 0 aliphatic carbocycles. The summed E-state index contributed by atoms with van der Waals surface area (Å²) in [6.07, 6.45) is 1.62. The van der Waals surface area contributed by atoms with Gasteiger partial charge in [-0.2, -0.15) is 0 Å². The standard InChI is InChI=1S/C16H23BrN2O2/c1-11(18)13-6-5-9-19(10-13)16(20)12(2)21-15-8-4-3-7-14(15)17/h3-4,7-8,11-13H,5-6,9-10,18H2,1-2H3/t11-,12+,13+/m1/s1. The molecule has 0 aromatic heterocycles. The zero-order valence-electron chi connectivity index (χ0n) is 12.6. The number of likely N-dealkylation sites (tertiary alicyclic amines) is 1. The summed E-state index contributed by atoms with van der Waals surface area (Å²) in [5.74, 6) is 1.12. The predicted octanol–water partition coefficient (Wildman–Crippen LogP) is 2.80. The lowest BCUT2D eigenvalue weighted by atomic mass is 9.92. The molecule has 0 radical (unpaired) electrons. The molecule has 4 nitrogen and oxygen atoms in total. The summed E-state index contributed by atoms with van der Waals surface area (Å²) in [5, 5.41) is 0. The molecule has 0 spiro atoms. The SMILES string of the molecule is C[C@H](Oc1ccccc1Br)C(=O)N1CCC[C@H]([C@@H](C)N)C1. The van der Waals surface area contributed by atoms with Crippen molar-refractivity contribution in [3.8, 4) is 5.75 Å². The number of hydrogen-bond donors (Lipinski definition) is 1.